The largest absolute Gasteiger partial charge is 0.378 e. The summed E-state index contributed by atoms with van der Waals surface area (Å²) in [5, 5.41) is 2.94. The molecule has 1 aliphatic heterocycles. The molecule has 0 aliphatic carbocycles. The van der Waals surface area contributed by atoms with E-state index in [9.17, 15) is 4.79 Å². The standard InChI is InChI=1S/C11H23N3O2/c1-3-9-8-16-7-6-14(9)5-4-10(13-2)11(12)15/h9-10,13H,3-8H2,1-2H3,(H2,12,15). The van der Waals surface area contributed by atoms with Crippen molar-refractivity contribution in [1.82, 2.24) is 10.2 Å². The van der Waals surface area contributed by atoms with Crippen LogP contribution < -0.4 is 11.1 Å². The molecule has 2 unspecified atom stereocenters. The molecule has 1 amide bonds. The number of likely N-dealkylation sites (N-methyl/N-ethyl adjacent to an activating group) is 1. The molecule has 1 saturated heterocycles. The zero-order valence-electron chi connectivity index (χ0n) is 10.2. The predicted molar refractivity (Wildman–Crippen MR) is 63.1 cm³/mol. The van der Waals surface area contributed by atoms with E-state index >= 15 is 0 Å². The van der Waals surface area contributed by atoms with E-state index in [1.807, 2.05) is 0 Å². The lowest BCUT2D eigenvalue weighted by molar-refractivity contribution is -0.120. The fraction of sp³-hybridized carbons (Fsp3) is 0.909. The molecule has 2 atom stereocenters. The van der Waals surface area contributed by atoms with Crippen molar-refractivity contribution in [1.29, 1.82) is 0 Å². The van der Waals surface area contributed by atoms with Gasteiger partial charge in [-0.05, 0) is 19.9 Å². The molecule has 0 bridgehead atoms. The summed E-state index contributed by atoms with van der Waals surface area (Å²) < 4.78 is 5.43. The Kier molecular flexibility index (Phi) is 5.73. The number of hydrogen-bond acceptors (Lipinski definition) is 4. The number of nitrogens with two attached hydrogens (primary N) is 1. The van der Waals surface area contributed by atoms with Crippen molar-refractivity contribution < 1.29 is 9.53 Å². The first kappa shape index (κ1) is 13.4. The number of rotatable bonds is 6. The number of carbonyl (C=O) groups is 1. The van der Waals surface area contributed by atoms with Crippen LogP contribution in [0.2, 0.25) is 0 Å². The van der Waals surface area contributed by atoms with Crippen molar-refractivity contribution >= 4 is 5.91 Å². The SMILES string of the molecule is CCC1COCCN1CCC(NC)C(N)=O. The summed E-state index contributed by atoms with van der Waals surface area (Å²) in [6.45, 7) is 5.61. The molecule has 16 heavy (non-hydrogen) atoms. The summed E-state index contributed by atoms with van der Waals surface area (Å²) in [5.41, 5.74) is 5.29. The topological polar surface area (TPSA) is 67.6 Å². The molecule has 0 spiro atoms. The van der Waals surface area contributed by atoms with Gasteiger partial charge in [0.05, 0.1) is 19.3 Å². The third kappa shape index (κ3) is 3.73. The van der Waals surface area contributed by atoms with Crippen LogP contribution in [0.4, 0.5) is 0 Å². The summed E-state index contributed by atoms with van der Waals surface area (Å²) >= 11 is 0. The van der Waals surface area contributed by atoms with Crippen LogP contribution in [0.25, 0.3) is 0 Å². The minimum Gasteiger partial charge on any atom is -0.378 e. The zero-order valence-corrected chi connectivity index (χ0v) is 10.2. The number of primary amides is 1. The molecule has 1 aliphatic rings. The van der Waals surface area contributed by atoms with Gasteiger partial charge in [0, 0.05) is 19.1 Å². The maximum atomic E-state index is 11.1. The summed E-state index contributed by atoms with van der Waals surface area (Å²) in [6.07, 6.45) is 1.85. The Hall–Kier alpha value is -0.650. The van der Waals surface area contributed by atoms with Crippen LogP contribution >= 0.6 is 0 Å². The van der Waals surface area contributed by atoms with Crippen molar-refractivity contribution in [3.8, 4) is 0 Å². The van der Waals surface area contributed by atoms with Gasteiger partial charge in [-0.2, -0.15) is 0 Å². The van der Waals surface area contributed by atoms with Crippen molar-refractivity contribution in [2.75, 3.05) is 33.4 Å². The second kappa shape index (κ2) is 6.83. The van der Waals surface area contributed by atoms with Crippen LogP contribution in [0, 0.1) is 0 Å². The summed E-state index contributed by atoms with van der Waals surface area (Å²) in [5.74, 6) is -0.274. The minimum absolute atomic E-state index is 0.222. The molecule has 0 aromatic carbocycles. The number of nitrogens with one attached hydrogen (secondary N) is 1. The second-order valence-electron chi connectivity index (χ2n) is 4.21. The summed E-state index contributed by atoms with van der Waals surface area (Å²) in [6, 6.07) is 0.263. The number of hydrogen-bond donors (Lipinski definition) is 2. The predicted octanol–water partition coefficient (Wildman–Crippen LogP) is -0.439. The van der Waals surface area contributed by atoms with Gasteiger partial charge in [0.25, 0.3) is 0 Å². The molecule has 1 rings (SSSR count). The fourth-order valence-corrected chi connectivity index (χ4v) is 2.08. The molecular formula is C11H23N3O2. The molecule has 94 valence electrons. The quantitative estimate of drug-likeness (QED) is 0.648. The molecule has 5 nitrogen and oxygen atoms in total. The van der Waals surface area contributed by atoms with Crippen molar-refractivity contribution in [3.63, 3.8) is 0 Å². The molecule has 5 heteroatoms. The van der Waals surface area contributed by atoms with E-state index in [1.165, 1.54) is 0 Å². The second-order valence-corrected chi connectivity index (χ2v) is 4.21. The molecule has 3 N–H and O–H groups in total. The van der Waals surface area contributed by atoms with Crippen LogP contribution in [0.3, 0.4) is 0 Å². The van der Waals surface area contributed by atoms with Crippen molar-refractivity contribution in [3.05, 3.63) is 0 Å². The van der Waals surface area contributed by atoms with Crippen molar-refractivity contribution in [2.24, 2.45) is 5.73 Å². The Labute approximate surface area is 97.3 Å². The van der Waals surface area contributed by atoms with Gasteiger partial charge < -0.3 is 15.8 Å². The first-order valence-electron chi connectivity index (χ1n) is 5.97. The third-order valence-corrected chi connectivity index (χ3v) is 3.22. The molecule has 0 aromatic heterocycles. The molecule has 1 fully saturated rings. The highest BCUT2D eigenvalue weighted by Gasteiger charge is 2.22. The van der Waals surface area contributed by atoms with Crippen LogP contribution in [-0.2, 0) is 9.53 Å². The van der Waals surface area contributed by atoms with Crippen LogP contribution in [0.15, 0.2) is 0 Å². The maximum Gasteiger partial charge on any atom is 0.234 e. The van der Waals surface area contributed by atoms with Gasteiger partial charge in [-0.15, -0.1) is 0 Å². The number of nitrogens with zero attached hydrogens (tertiary/aromatic N) is 1. The molecule has 0 aromatic rings. The van der Waals surface area contributed by atoms with E-state index in [1.54, 1.807) is 7.05 Å². The lowest BCUT2D eigenvalue weighted by atomic mass is 10.1. The fourth-order valence-electron chi connectivity index (χ4n) is 2.08. The number of carbonyl (C=O) groups excluding carboxylic acids is 1. The molecular weight excluding hydrogens is 206 g/mol. The lowest BCUT2D eigenvalue weighted by Gasteiger charge is -2.35. The average Bonchev–Trinajstić information content (AvgIpc) is 2.30. The highest BCUT2D eigenvalue weighted by atomic mass is 16.5. The van der Waals surface area contributed by atoms with E-state index in [0.29, 0.717) is 6.04 Å². The van der Waals surface area contributed by atoms with Gasteiger partial charge in [-0.25, -0.2) is 0 Å². The first-order valence-corrected chi connectivity index (χ1v) is 5.97. The van der Waals surface area contributed by atoms with Gasteiger partial charge >= 0.3 is 0 Å². The van der Waals surface area contributed by atoms with E-state index in [0.717, 1.165) is 39.1 Å². The minimum atomic E-state index is -0.274. The smallest absolute Gasteiger partial charge is 0.234 e. The van der Waals surface area contributed by atoms with Gasteiger partial charge in [-0.1, -0.05) is 6.92 Å². The van der Waals surface area contributed by atoms with Gasteiger partial charge in [0.2, 0.25) is 5.91 Å². The van der Waals surface area contributed by atoms with Crippen LogP contribution in [-0.4, -0.2) is 56.2 Å². The van der Waals surface area contributed by atoms with Crippen LogP contribution in [0.5, 0.6) is 0 Å². The zero-order chi connectivity index (χ0) is 12.0. The van der Waals surface area contributed by atoms with E-state index in [-0.39, 0.29) is 11.9 Å². The lowest BCUT2D eigenvalue weighted by Crippen LogP contribution is -2.48. The number of morpholine rings is 1. The Morgan fingerprint density at radius 1 is 1.69 bits per heavy atom. The van der Waals surface area contributed by atoms with Crippen molar-refractivity contribution in [2.45, 2.75) is 31.8 Å². The third-order valence-electron chi connectivity index (χ3n) is 3.22. The van der Waals surface area contributed by atoms with E-state index < -0.39 is 0 Å². The Morgan fingerprint density at radius 2 is 2.44 bits per heavy atom. The summed E-state index contributed by atoms with van der Waals surface area (Å²) in [7, 11) is 1.77. The molecule has 0 radical (unpaired) electrons. The Bertz CT molecular complexity index is 223. The summed E-state index contributed by atoms with van der Waals surface area (Å²) in [4.78, 5) is 13.5. The Balaban J connectivity index is 2.36. The highest BCUT2D eigenvalue weighted by molar-refractivity contribution is 5.79. The van der Waals surface area contributed by atoms with Gasteiger partial charge in [0.1, 0.15) is 0 Å². The highest BCUT2D eigenvalue weighted by Crippen LogP contribution is 2.11. The van der Waals surface area contributed by atoms with Crippen LogP contribution in [0.1, 0.15) is 19.8 Å². The molecule has 0 saturated carbocycles. The monoisotopic (exact) mass is 229 g/mol. The van der Waals surface area contributed by atoms with E-state index in [2.05, 4.69) is 17.1 Å². The number of ether oxygens (including phenoxy) is 1. The van der Waals surface area contributed by atoms with Gasteiger partial charge in [0.15, 0.2) is 0 Å². The first-order chi connectivity index (χ1) is 7.69. The van der Waals surface area contributed by atoms with Gasteiger partial charge in [-0.3, -0.25) is 9.69 Å². The molecule has 1 heterocycles. The number of amides is 1. The van der Waals surface area contributed by atoms with E-state index in [4.69, 9.17) is 10.5 Å². The normalized spacial score (nSPS) is 24.2. The average molecular weight is 229 g/mol. The Morgan fingerprint density at radius 3 is 3.00 bits per heavy atom. The maximum absolute atomic E-state index is 11.1.